The second-order valence-electron chi connectivity index (χ2n) is 3.92. The molecule has 0 aliphatic carbocycles. The van der Waals surface area contributed by atoms with Gasteiger partial charge in [0.15, 0.2) is 4.34 Å². The molecule has 0 radical (unpaired) electrons. The SMILES string of the molecule is CC(=O)Nc1nnc(SCCCOc2ccccc2)s1. The van der Waals surface area contributed by atoms with E-state index in [4.69, 9.17) is 4.74 Å². The van der Waals surface area contributed by atoms with E-state index in [1.165, 1.54) is 18.3 Å². The largest absolute Gasteiger partial charge is 0.494 e. The maximum atomic E-state index is 10.9. The highest BCUT2D eigenvalue weighted by atomic mass is 32.2. The predicted octanol–water partition coefficient (Wildman–Crippen LogP) is 3.06. The number of nitrogens with zero attached hydrogens (tertiary/aromatic N) is 2. The van der Waals surface area contributed by atoms with Crippen LogP contribution < -0.4 is 10.1 Å². The van der Waals surface area contributed by atoms with E-state index in [9.17, 15) is 4.79 Å². The molecule has 1 N–H and O–H groups in total. The molecule has 2 rings (SSSR count). The van der Waals surface area contributed by atoms with Crippen molar-refractivity contribution in [3.8, 4) is 5.75 Å². The normalized spacial score (nSPS) is 10.2. The van der Waals surface area contributed by atoms with Crippen LogP contribution in [0.5, 0.6) is 5.75 Å². The number of anilines is 1. The quantitative estimate of drug-likeness (QED) is 0.484. The Balaban J connectivity index is 1.63. The van der Waals surface area contributed by atoms with Gasteiger partial charge in [0.25, 0.3) is 0 Å². The lowest BCUT2D eigenvalue weighted by Crippen LogP contribution is -2.04. The molecule has 5 nitrogen and oxygen atoms in total. The van der Waals surface area contributed by atoms with Crippen molar-refractivity contribution in [2.24, 2.45) is 0 Å². The zero-order valence-electron chi connectivity index (χ0n) is 11.0. The Kier molecular flexibility index (Phi) is 5.82. The monoisotopic (exact) mass is 309 g/mol. The van der Waals surface area contributed by atoms with Crippen molar-refractivity contribution >= 4 is 34.1 Å². The Morgan fingerprint density at radius 2 is 2.15 bits per heavy atom. The Bertz CT molecular complexity index is 546. The van der Waals surface area contributed by atoms with Crippen molar-refractivity contribution in [2.75, 3.05) is 17.7 Å². The molecule has 0 fully saturated rings. The number of thioether (sulfide) groups is 1. The van der Waals surface area contributed by atoms with Gasteiger partial charge in [-0.05, 0) is 18.6 Å². The zero-order chi connectivity index (χ0) is 14.2. The minimum absolute atomic E-state index is 0.131. The fourth-order valence-electron chi connectivity index (χ4n) is 1.39. The number of hydrogen-bond donors (Lipinski definition) is 1. The Morgan fingerprint density at radius 1 is 1.35 bits per heavy atom. The molecule has 0 atom stereocenters. The van der Waals surface area contributed by atoms with Gasteiger partial charge >= 0.3 is 0 Å². The standard InChI is InChI=1S/C13H15N3O2S2/c1-10(17)14-12-15-16-13(20-12)19-9-5-8-18-11-6-3-2-4-7-11/h2-4,6-7H,5,8-9H2,1H3,(H,14,15,17). The predicted molar refractivity (Wildman–Crippen MR) is 81.5 cm³/mol. The van der Waals surface area contributed by atoms with E-state index in [0.29, 0.717) is 11.7 Å². The van der Waals surface area contributed by atoms with Crippen LogP contribution in [-0.4, -0.2) is 28.5 Å². The van der Waals surface area contributed by atoms with Crippen LogP contribution >= 0.6 is 23.1 Å². The summed E-state index contributed by atoms with van der Waals surface area (Å²) < 4.78 is 6.45. The third-order valence-corrected chi connectivity index (χ3v) is 4.27. The number of benzene rings is 1. The Labute approximate surface area is 125 Å². The van der Waals surface area contributed by atoms with E-state index in [-0.39, 0.29) is 5.91 Å². The van der Waals surface area contributed by atoms with Gasteiger partial charge < -0.3 is 10.1 Å². The van der Waals surface area contributed by atoms with Crippen LogP contribution in [0.25, 0.3) is 0 Å². The number of hydrogen-bond acceptors (Lipinski definition) is 6. The number of aromatic nitrogens is 2. The van der Waals surface area contributed by atoms with Crippen molar-refractivity contribution < 1.29 is 9.53 Å². The summed E-state index contributed by atoms with van der Waals surface area (Å²) in [6.07, 6.45) is 0.925. The highest BCUT2D eigenvalue weighted by Crippen LogP contribution is 2.25. The van der Waals surface area contributed by atoms with Crippen LogP contribution in [0.1, 0.15) is 13.3 Å². The van der Waals surface area contributed by atoms with Crippen LogP contribution in [0.15, 0.2) is 34.7 Å². The van der Waals surface area contributed by atoms with Gasteiger partial charge in [-0.2, -0.15) is 0 Å². The highest BCUT2D eigenvalue weighted by Gasteiger charge is 2.05. The average Bonchev–Trinajstić information content (AvgIpc) is 2.86. The van der Waals surface area contributed by atoms with Gasteiger partial charge in [0, 0.05) is 12.7 Å². The summed E-state index contributed by atoms with van der Waals surface area (Å²) in [4.78, 5) is 10.9. The smallest absolute Gasteiger partial charge is 0.223 e. The number of amides is 1. The molecule has 0 bridgehead atoms. The molecule has 0 saturated heterocycles. The Hall–Kier alpha value is -1.60. The molecule has 1 heterocycles. The molecule has 0 aliphatic rings. The van der Waals surface area contributed by atoms with E-state index in [1.54, 1.807) is 11.8 Å². The number of ether oxygens (including phenoxy) is 1. The summed E-state index contributed by atoms with van der Waals surface area (Å²) in [6, 6.07) is 9.75. The first-order valence-corrected chi connectivity index (χ1v) is 7.96. The Morgan fingerprint density at radius 3 is 2.90 bits per heavy atom. The molecule has 0 saturated carbocycles. The third kappa shape index (κ3) is 5.18. The second-order valence-corrected chi connectivity index (χ2v) is 6.24. The summed E-state index contributed by atoms with van der Waals surface area (Å²) in [7, 11) is 0. The van der Waals surface area contributed by atoms with Gasteiger partial charge in [-0.15, -0.1) is 10.2 Å². The first-order valence-electron chi connectivity index (χ1n) is 6.16. The highest BCUT2D eigenvalue weighted by molar-refractivity contribution is 8.01. The van der Waals surface area contributed by atoms with E-state index in [1.807, 2.05) is 30.3 Å². The van der Waals surface area contributed by atoms with Crippen molar-refractivity contribution in [3.05, 3.63) is 30.3 Å². The fourth-order valence-corrected chi connectivity index (χ4v) is 3.18. The molecule has 20 heavy (non-hydrogen) atoms. The molecule has 2 aromatic rings. The number of para-hydroxylation sites is 1. The fraction of sp³-hybridized carbons (Fsp3) is 0.308. The molecule has 1 aromatic carbocycles. The van der Waals surface area contributed by atoms with E-state index < -0.39 is 0 Å². The third-order valence-electron chi connectivity index (χ3n) is 2.22. The summed E-state index contributed by atoms with van der Waals surface area (Å²) >= 11 is 3.00. The number of carbonyl (C=O) groups excluding carboxylic acids is 1. The molecule has 1 aromatic heterocycles. The molecule has 0 unspecified atom stereocenters. The minimum atomic E-state index is -0.131. The second kappa shape index (κ2) is 7.86. The maximum Gasteiger partial charge on any atom is 0.223 e. The first kappa shape index (κ1) is 14.8. The maximum absolute atomic E-state index is 10.9. The van der Waals surface area contributed by atoms with Crippen molar-refractivity contribution in [2.45, 2.75) is 17.7 Å². The lowest BCUT2D eigenvalue weighted by Gasteiger charge is -2.04. The topological polar surface area (TPSA) is 64.1 Å². The number of carbonyl (C=O) groups is 1. The summed E-state index contributed by atoms with van der Waals surface area (Å²) in [6.45, 7) is 2.13. The summed E-state index contributed by atoms with van der Waals surface area (Å²) in [5.41, 5.74) is 0. The number of nitrogens with one attached hydrogen (secondary N) is 1. The van der Waals surface area contributed by atoms with Crippen molar-refractivity contribution in [1.82, 2.24) is 10.2 Å². The zero-order valence-corrected chi connectivity index (χ0v) is 12.7. The molecular weight excluding hydrogens is 294 g/mol. The lowest BCUT2D eigenvalue weighted by atomic mass is 10.3. The van der Waals surface area contributed by atoms with Crippen molar-refractivity contribution in [3.63, 3.8) is 0 Å². The van der Waals surface area contributed by atoms with Gasteiger partial charge in [-0.1, -0.05) is 41.3 Å². The van der Waals surface area contributed by atoms with Gasteiger partial charge in [0.05, 0.1) is 6.61 Å². The number of rotatable bonds is 7. The van der Waals surface area contributed by atoms with Crippen LogP contribution in [0, 0.1) is 0 Å². The van der Waals surface area contributed by atoms with Crippen molar-refractivity contribution in [1.29, 1.82) is 0 Å². The van der Waals surface area contributed by atoms with Gasteiger partial charge in [0.2, 0.25) is 11.0 Å². The van der Waals surface area contributed by atoms with E-state index in [0.717, 1.165) is 22.3 Å². The lowest BCUT2D eigenvalue weighted by molar-refractivity contribution is -0.114. The van der Waals surface area contributed by atoms with E-state index >= 15 is 0 Å². The van der Waals surface area contributed by atoms with Crippen LogP contribution in [-0.2, 0) is 4.79 Å². The van der Waals surface area contributed by atoms with Gasteiger partial charge in [-0.3, -0.25) is 4.79 Å². The van der Waals surface area contributed by atoms with Crippen LogP contribution in [0.3, 0.4) is 0 Å². The van der Waals surface area contributed by atoms with Gasteiger partial charge in [-0.25, -0.2) is 0 Å². The minimum Gasteiger partial charge on any atom is -0.494 e. The molecular formula is C13H15N3O2S2. The molecule has 7 heteroatoms. The molecule has 0 spiro atoms. The summed E-state index contributed by atoms with van der Waals surface area (Å²) in [5, 5.41) is 11.0. The van der Waals surface area contributed by atoms with Crippen LogP contribution in [0.2, 0.25) is 0 Å². The first-order chi connectivity index (χ1) is 9.74. The molecule has 1 amide bonds. The summed E-state index contributed by atoms with van der Waals surface area (Å²) in [5.74, 6) is 1.66. The molecule has 106 valence electrons. The molecule has 0 aliphatic heterocycles. The average molecular weight is 309 g/mol. The van der Waals surface area contributed by atoms with Gasteiger partial charge in [0.1, 0.15) is 5.75 Å². The van der Waals surface area contributed by atoms with E-state index in [2.05, 4.69) is 15.5 Å². The van der Waals surface area contributed by atoms with Crippen LogP contribution in [0.4, 0.5) is 5.13 Å².